The lowest BCUT2D eigenvalue weighted by Gasteiger charge is -2.37. The third kappa shape index (κ3) is 5.16. The van der Waals surface area contributed by atoms with Crippen LogP contribution in [-0.2, 0) is 14.3 Å². The number of nitrogens with zero attached hydrogens (tertiary/aromatic N) is 1. The largest absolute Gasteiger partial charge is 0.445 e. The minimum absolute atomic E-state index is 0.0501. The van der Waals surface area contributed by atoms with Crippen LogP contribution in [0, 0.1) is 5.92 Å². The van der Waals surface area contributed by atoms with E-state index in [1.54, 1.807) is 6.08 Å². The molecule has 2 amide bonds. The first kappa shape index (κ1) is 25.2. The summed E-state index contributed by atoms with van der Waals surface area (Å²) in [5, 5.41) is 2.98. The Kier molecular flexibility index (Phi) is 7.65. The van der Waals surface area contributed by atoms with Gasteiger partial charge in [0.25, 0.3) is 0 Å². The topological polar surface area (TPSA) is 58.6 Å². The Morgan fingerprint density at radius 3 is 1.95 bits per heavy atom. The van der Waals surface area contributed by atoms with E-state index in [2.05, 4.69) is 84.7 Å². The second-order valence-electron chi connectivity index (χ2n) is 9.60. The molecular weight excluding hydrogens is 480 g/mol. The van der Waals surface area contributed by atoms with Crippen molar-refractivity contribution in [2.75, 3.05) is 19.7 Å². The van der Waals surface area contributed by atoms with Crippen LogP contribution in [0.25, 0.3) is 0 Å². The molecule has 5 nitrogen and oxygen atoms in total. The predicted molar refractivity (Wildman–Crippen MR) is 148 cm³/mol. The SMILES string of the molecule is C=CCOC(=O)N1C[C@@H](SC(c2ccccc2)(c2ccccc2)c2ccccc2)C[C@H]1CC1CNC1=O. The van der Waals surface area contributed by atoms with Crippen LogP contribution >= 0.6 is 11.8 Å². The molecule has 0 aromatic heterocycles. The lowest BCUT2D eigenvalue weighted by Crippen LogP contribution is -2.51. The van der Waals surface area contributed by atoms with Crippen LogP contribution < -0.4 is 5.32 Å². The van der Waals surface area contributed by atoms with E-state index in [1.807, 2.05) is 34.9 Å². The van der Waals surface area contributed by atoms with Gasteiger partial charge in [-0.2, -0.15) is 0 Å². The summed E-state index contributed by atoms with van der Waals surface area (Å²) in [6.45, 7) is 5.08. The van der Waals surface area contributed by atoms with Crippen LogP contribution in [0.5, 0.6) is 0 Å². The van der Waals surface area contributed by atoms with E-state index in [0.29, 0.717) is 19.5 Å². The van der Waals surface area contributed by atoms with E-state index in [1.165, 1.54) is 16.7 Å². The van der Waals surface area contributed by atoms with Gasteiger partial charge in [0.2, 0.25) is 5.91 Å². The van der Waals surface area contributed by atoms with E-state index in [9.17, 15) is 9.59 Å². The van der Waals surface area contributed by atoms with Crippen molar-refractivity contribution in [3.8, 4) is 0 Å². The molecule has 3 atom stereocenters. The fraction of sp³-hybridized carbons (Fsp3) is 0.290. The standard InChI is InChI=1S/C31H32N2O3S/c1-2-18-36-30(35)33-22-28(20-27(33)19-23-21-32-29(23)34)37-31(24-12-6-3-7-13-24,25-14-8-4-9-15-25)26-16-10-5-11-17-26/h2-17,23,27-28H,1,18-22H2,(H,32,34)/t23?,27-,28+/m1/s1. The van der Waals surface area contributed by atoms with Gasteiger partial charge in [0.05, 0.1) is 10.7 Å². The summed E-state index contributed by atoms with van der Waals surface area (Å²) in [6.07, 6.45) is 2.70. The monoisotopic (exact) mass is 512 g/mol. The zero-order valence-corrected chi connectivity index (χ0v) is 21.6. The summed E-state index contributed by atoms with van der Waals surface area (Å²) >= 11 is 1.89. The number of carbonyl (C=O) groups excluding carboxylic acids is 2. The lowest BCUT2D eigenvalue weighted by molar-refractivity contribution is -0.131. The molecule has 0 saturated carbocycles. The summed E-state index contributed by atoms with van der Waals surface area (Å²) in [4.78, 5) is 27.0. The summed E-state index contributed by atoms with van der Waals surface area (Å²) in [5.41, 5.74) is 3.58. The summed E-state index contributed by atoms with van der Waals surface area (Å²) in [5.74, 6) is 0.0216. The summed E-state index contributed by atoms with van der Waals surface area (Å²) in [6, 6.07) is 31.7. The van der Waals surface area contributed by atoms with E-state index in [4.69, 9.17) is 4.74 Å². The normalized spacial score (nSPS) is 21.1. The predicted octanol–water partition coefficient (Wildman–Crippen LogP) is 5.61. The average molecular weight is 513 g/mol. The van der Waals surface area contributed by atoms with Gasteiger partial charge in [0, 0.05) is 24.4 Å². The number of carbonyl (C=O) groups is 2. The summed E-state index contributed by atoms with van der Waals surface area (Å²) < 4.78 is 4.99. The molecule has 6 heteroatoms. The quantitative estimate of drug-likeness (QED) is 0.230. The van der Waals surface area contributed by atoms with Gasteiger partial charge >= 0.3 is 6.09 Å². The van der Waals surface area contributed by atoms with Crippen LogP contribution in [0.3, 0.4) is 0 Å². The van der Waals surface area contributed by atoms with Crippen molar-refractivity contribution in [2.24, 2.45) is 5.92 Å². The van der Waals surface area contributed by atoms with Crippen molar-refractivity contribution in [3.63, 3.8) is 0 Å². The minimum Gasteiger partial charge on any atom is -0.445 e. The van der Waals surface area contributed by atoms with Crippen LogP contribution in [-0.4, -0.2) is 47.9 Å². The molecule has 2 fully saturated rings. The van der Waals surface area contributed by atoms with E-state index >= 15 is 0 Å². The molecule has 2 heterocycles. The van der Waals surface area contributed by atoms with E-state index in [0.717, 1.165) is 6.42 Å². The minimum atomic E-state index is -0.464. The number of thioether (sulfide) groups is 1. The molecular formula is C31H32N2O3S. The first-order valence-corrected chi connectivity index (χ1v) is 13.7. The smallest absolute Gasteiger partial charge is 0.410 e. The number of hydrogen-bond acceptors (Lipinski definition) is 4. The van der Waals surface area contributed by atoms with Crippen LogP contribution in [0.1, 0.15) is 29.5 Å². The van der Waals surface area contributed by atoms with Crippen LogP contribution in [0.2, 0.25) is 0 Å². The number of amides is 2. The first-order chi connectivity index (χ1) is 18.1. The highest BCUT2D eigenvalue weighted by Gasteiger charge is 2.46. The fourth-order valence-corrected chi connectivity index (χ4v) is 7.31. The van der Waals surface area contributed by atoms with Crippen LogP contribution in [0.4, 0.5) is 4.79 Å². The number of ether oxygens (including phenoxy) is 1. The number of likely N-dealkylation sites (tertiary alicyclic amines) is 1. The zero-order chi connectivity index (χ0) is 25.7. The van der Waals surface area contributed by atoms with Gasteiger partial charge in [0.1, 0.15) is 6.61 Å². The molecule has 0 spiro atoms. The third-order valence-electron chi connectivity index (χ3n) is 7.27. The van der Waals surface area contributed by atoms with Gasteiger partial charge in [-0.25, -0.2) is 4.79 Å². The molecule has 2 aliphatic heterocycles. The molecule has 2 aliphatic rings. The van der Waals surface area contributed by atoms with Crippen LogP contribution in [0.15, 0.2) is 104 Å². The molecule has 0 aliphatic carbocycles. The highest BCUT2D eigenvalue weighted by atomic mass is 32.2. The van der Waals surface area contributed by atoms with Crippen molar-refractivity contribution >= 4 is 23.8 Å². The lowest BCUT2D eigenvalue weighted by atomic mass is 9.84. The number of nitrogens with one attached hydrogen (secondary N) is 1. The molecule has 37 heavy (non-hydrogen) atoms. The second-order valence-corrected chi connectivity index (χ2v) is 11.1. The van der Waals surface area contributed by atoms with Gasteiger partial charge in [-0.05, 0) is 29.5 Å². The Bertz CT molecular complexity index is 1120. The highest BCUT2D eigenvalue weighted by Crippen LogP contribution is 2.52. The van der Waals surface area contributed by atoms with Gasteiger partial charge in [-0.3, -0.25) is 4.79 Å². The maximum atomic E-state index is 13.1. The van der Waals surface area contributed by atoms with Crippen molar-refractivity contribution in [1.82, 2.24) is 10.2 Å². The Morgan fingerprint density at radius 2 is 1.51 bits per heavy atom. The van der Waals surface area contributed by atoms with Crippen molar-refractivity contribution in [3.05, 3.63) is 120 Å². The Morgan fingerprint density at radius 1 is 0.973 bits per heavy atom. The van der Waals surface area contributed by atoms with E-state index < -0.39 is 4.75 Å². The Balaban J connectivity index is 1.53. The van der Waals surface area contributed by atoms with Gasteiger partial charge in [0.15, 0.2) is 0 Å². The first-order valence-electron chi connectivity index (χ1n) is 12.8. The molecule has 2 saturated heterocycles. The molecule has 3 aromatic carbocycles. The number of rotatable bonds is 9. The number of β-lactam (4-membered cyclic amide) rings is 1. The molecule has 1 N–H and O–H groups in total. The fourth-order valence-electron chi connectivity index (χ4n) is 5.44. The molecule has 0 bridgehead atoms. The van der Waals surface area contributed by atoms with Crippen molar-refractivity contribution < 1.29 is 14.3 Å². The number of benzene rings is 3. The zero-order valence-electron chi connectivity index (χ0n) is 20.8. The maximum absolute atomic E-state index is 13.1. The molecule has 190 valence electrons. The van der Waals surface area contributed by atoms with Gasteiger partial charge < -0.3 is 15.0 Å². The Hall–Kier alpha value is -3.51. The third-order valence-corrected chi connectivity index (χ3v) is 9.01. The van der Waals surface area contributed by atoms with Gasteiger partial charge in [-0.15, -0.1) is 11.8 Å². The van der Waals surface area contributed by atoms with Gasteiger partial charge in [-0.1, -0.05) is 104 Å². The van der Waals surface area contributed by atoms with E-state index in [-0.39, 0.29) is 35.8 Å². The highest BCUT2D eigenvalue weighted by molar-refractivity contribution is 8.01. The Labute approximate surface area is 222 Å². The molecule has 1 unspecified atom stereocenters. The maximum Gasteiger partial charge on any atom is 0.410 e. The van der Waals surface area contributed by atoms with Crippen molar-refractivity contribution in [1.29, 1.82) is 0 Å². The molecule has 3 aromatic rings. The number of hydrogen-bond donors (Lipinski definition) is 1. The van der Waals surface area contributed by atoms with Crippen molar-refractivity contribution in [2.45, 2.75) is 28.9 Å². The average Bonchev–Trinajstić information content (AvgIpc) is 3.36. The molecule has 0 radical (unpaired) electrons. The second kappa shape index (κ2) is 11.3. The molecule has 5 rings (SSSR count). The summed E-state index contributed by atoms with van der Waals surface area (Å²) in [7, 11) is 0.